The molecule has 0 bridgehead atoms. The van der Waals surface area contributed by atoms with E-state index < -0.39 is 0 Å². The highest BCUT2D eigenvalue weighted by Crippen LogP contribution is 1.87. The number of unbranched alkanes of at least 4 members (excludes halogenated alkanes) is 1. The first-order valence-electron chi connectivity index (χ1n) is 4.16. The zero-order valence-corrected chi connectivity index (χ0v) is 7.06. The van der Waals surface area contributed by atoms with Crippen LogP contribution < -0.4 is 5.32 Å². The molecular weight excluding hydrogens is 126 g/mol. The fraction of sp³-hybridized carbons (Fsp3) is 1.00. The minimum atomic E-state index is -0.158. The molecule has 0 aliphatic heterocycles. The Morgan fingerprint density at radius 2 is 2.10 bits per heavy atom. The molecule has 0 saturated carbocycles. The van der Waals surface area contributed by atoms with Crippen molar-refractivity contribution in [3.8, 4) is 0 Å². The van der Waals surface area contributed by atoms with Crippen LogP contribution in [0.2, 0.25) is 0 Å². The van der Waals surface area contributed by atoms with Gasteiger partial charge in [0.05, 0.1) is 6.10 Å². The van der Waals surface area contributed by atoms with Gasteiger partial charge in [0, 0.05) is 0 Å². The highest BCUT2D eigenvalue weighted by Gasteiger charge is 1.92. The van der Waals surface area contributed by atoms with Crippen LogP contribution in [0.15, 0.2) is 0 Å². The van der Waals surface area contributed by atoms with E-state index in [1.807, 2.05) is 6.92 Å². The van der Waals surface area contributed by atoms with E-state index in [2.05, 4.69) is 12.2 Å². The van der Waals surface area contributed by atoms with Gasteiger partial charge in [0.15, 0.2) is 0 Å². The summed E-state index contributed by atoms with van der Waals surface area (Å²) < 4.78 is 0. The summed E-state index contributed by atoms with van der Waals surface area (Å²) in [4.78, 5) is 0. The molecule has 0 aromatic carbocycles. The number of nitrogens with one attached hydrogen (secondary N) is 1. The van der Waals surface area contributed by atoms with Gasteiger partial charge in [-0.1, -0.05) is 13.3 Å². The van der Waals surface area contributed by atoms with Crippen LogP contribution in [0.5, 0.6) is 0 Å². The molecule has 10 heavy (non-hydrogen) atoms. The molecule has 0 saturated heterocycles. The average Bonchev–Trinajstić information content (AvgIpc) is 1.87. The largest absolute Gasteiger partial charge is 0.393 e. The fourth-order valence-corrected chi connectivity index (χ4v) is 0.738. The first kappa shape index (κ1) is 9.92. The standard InChI is InChI=1S/C8H19NO/c1-3-4-6-9-7-5-8(2)10/h8-10H,3-7H2,1-2H3. The monoisotopic (exact) mass is 145 g/mol. The molecule has 0 amide bonds. The van der Waals surface area contributed by atoms with Crippen molar-refractivity contribution in [3.63, 3.8) is 0 Å². The van der Waals surface area contributed by atoms with Crippen LogP contribution in [0.25, 0.3) is 0 Å². The van der Waals surface area contributed by atoms with Gasteiger partial charge in [-0.3, -0.25) is 0 Å². The van der Waals surface area contributed by atoms with Crippen LogP contribution in [0, 0.1) is 0 Å². The lowest BCUT2D eigenvalue weighted by Gasteiger charge is -2.04. The van der Waals surface area contributed by atoms with E-state index in [1.54, 1.807) is 0 Å². The van der Waals surface area contributed by atoms with Gasteiger partial charge >= 0.3 is 0 Å². The maximum Gasteiger partial charge on any atom is 0.0524 e. The third-order valence-corrected chi connectivity index (χ3v) is 1.45. The van der Waals surface area contributed by atoms with Gasteiger partial charge in [-0.2, -0.15) is 0 Å². The Bertz CT molecular complexity index is 64.3. The molecular formula is C8H19NO. The lowest BCUT2D eigenvalue weighted by Crippen LogP contribution is -2.19. The Kier molecular flexibility index (Phi) is 6.98. The molecule has 2 heteroatoms. The van der Waals surface area contributed by atoms with Gasteiger partial charge in [-0.15, -0.1) is 0 Å². The summed E-state index contributed by atoms with van der Waals surface area (Å²) >= 11 is 0. The normalized spacial score (nSPS) is 13.5. The topological polar surface area (TPSA) is 32.3 Å². The molecule has 0 aliphatic rings. The summed E-state index contributed by atoms with van der Waals surface area (Å²) in [5.74, 6) is 0. The van der Waals surface area contributed by atoms with Crippen molar-refractivity contribution in [1.29, 1.82) is 0 Å². The first-order chi connectivity index (χ1) is 4.77. The van der Waals surface area contributed by atoms with E-state index >= 15 is 0 Å². The first-order valence-corrected chi connectivity index (χ1v) is 4.16. The summed E-state index contributed by atoms with van der Waals surface area (Å²) in [5, 5.41) is 12.1. The highest BCUT2D eigenvalue weighted by molar-refractivity contribution is 4.51. The summed E-state index contributed by atoms with van der Waals surface area (Å²) in [7, 11) is 0. The number of hydrogen-bond acceptors (Lipinski definition) is 2. The second-order valence-corrected chi connectivity index (χ2v) is 2.74. The van der Waals surface area contributed by atoms with Gasteiger partial charge in [0.1, 0.15) is 0 Å². The van der Waals surface area contributed by atoms with E-state index in [0.717, 1.165) is 19.5 Å². The van der Waals surface area contributed by atoms with Crippen LogP contribution >= 0.6 is 0 Å². The average molecular weight is 145 g/mol. The molecule has 0 spiro atoms. The van der Waals surface area contributed by atoms with Crippen LogP contribution in [-0.4, -0.2) is 24.3 Å². The molecule has 0 aromatic heterocycles. The van der Waals surface area contributed by atoms with Crippen LogP contribution in [0.3, 0.4) is 0 Å². The molecule has 2 N–H and O–H groups in total. The van der Waals surface area contributed by atoms with Gasteiger partial charge < -0.3 is 10.4 Å². The predicted molar refractivity (Wildman–Crippen MR) is 44.1 cm³/mol. The Morgan fingerprint density at radius 1 is 1.40 bits per heavy atom. The van der Waals surface area contributed by atoms with Gasteiger partial charge in [-0.25, -0.2) is 0 Å². The Morgan fingerprint density at radius 3 is 2.60 bits per heavy atom. The lowest BCUT2D eigenvalue weighted by atomic mass is 10.3. The van der Waals surface area contributed by atoms with Gasteiger partial charge in [0.2, 0.25) is 0 Å². The molecule has 0 heterocycles. The fourth-order valence-electron chi connectivity index (χ4n) is 0.738. The van der Waals surface area contributed by atoms with Crippen molar-refractivity contribution in [2.24, 2.45) is 0 Å². The molecule has 0 aromatic rings. The molecule has 1 unspecified atom stereocenters. The second kappa shape index (κ2) is 7.03. The summed E-state index contributed by atoms with van der Waals surface area (Å²) in [6, 6.07) is 0. The van der Waals surface area contributed by atoms with Crippen LogP contribution in [-0.2, 0) is 0 Å². The van der Waals surface area contributed by atoms with E-state index in [1.165, 1.54) is 12.8 Å². The zero-order valence-electron chi connectivity index (χ0n) is 7.06. The molecule has 0 fully saturated rings. The number of aliphatic hydroxyl groups is 1. The molecule has 62 valence electrons. The Labute approximate surface area is 63.6 Å². The van der Waals surface area contributed by atoms with Crippen molar-refractivity contribution in [2.75, 3.05) is 13.1 Å². The van der Waals surface area contributed by atoms with Gasteiger partial charge in [0.25, 0.3) is 0 Å². The van der Waals surface area contributed by atoms with Crippen molar-refractivity contribution < 1.29 is 5.11 Å². The van der Waals surface area contributed by atoms with Crippen molar-refractivity contribution in [2.45, 2.75) is 39.2 Å². The molecule has 0 radical (unpaired) electrons. The molecule has 0 rings (SSSR count). The highest BCUT2D eigenvalue weighted by atomic mass is 16.3. The molecule has 0 aliphatic carbocycles. The number of aliphatic hydroxyl groups excluding tert-OH is 1. The molecule has 1 atom stereocenters. The maximum atomic E-state index is 8.87. The number of rotatable bonds is 6. The lowest BCUT2D eigenvalue weighted by molar-refractivity contribution is 0.184. The smallest absolute Gasteiger partial charge is 0.0524 e. The van der Waals surface area contributed by atoms with Crippen molar-refractivity contribution >= 4 is 0 Å². The summed E-state index contributed by atoms with van der Waals surface area (Å²) in [5.41, 5.74) is 0. The van der Waals surface area contributed by atoms with Crippen LogP contribution in [0.4, 0.5) is 0 Å². The van der Waals surface area contributed by atoms with E-state index in [-0.39, 0.29) is 6.10 Å². The SMILES string of the molecule is CCCCNCCC(C)O. The van der Waals surface area contributed by atoms with Crippen molar-refractivity contribution in [1.82, 2.24) is 5.32 Å². The quantitative estimate of drug-likeness (QED) is 0.549. The molecule has 2 nitrogen and oxygen atoms in total. The van der Waals surface area contributed by atoms with Crippen molar-refractivity contribution in [3.05, 3.63) is 0 Å². The number of hydrogen-bond donors (Lipinski definition) is 2. The second-order valence-electron chi connectivity index (χ2n) is 2.74. The predicted octanol–water partition coefficient (Wildman–Crippen LogP) is 1.15. The third kappa shape index (κ3) is 7.92. The van der Waals surface area contributed by atoms with E-state index in [9.17, 15) is 0 Å². The minimum absolute atomic E-state index is 0.158. The zero-order chi connectivity index (χ0) is 7.82. The summed E-state index contributed by atoms with van der Waals surface area (Å²) in [6.07, 6.45) is 3.18. The Hall–Kier alpha value is -0.0800. The Balaban J connectivity index is 2.77. The maximum absolute atomic E-state index is 8.87. The van der Waals surface area contributed by atoms with Crippen LogP contribution in [0.1, 0.15) is 33.1 Å². The van der Waals surface area contributed by atoms with E-state index in [0.29, 0.717) is 0 Å². The third-order valence-electron chi connectivity index (χ3n) is 1.45. The van der Waals surface area contributed by atoms with Gasteiger partial charge in [-0.05, 0) is 32.9 Å². The minimum Gasteiger partial charge on any atom is -0.393 e. The van der Waals surface area contributed by atoms with E-state index in [4.69, 9.17) is 5.11 Å². The summed E-state index contributed by atoms with van der Waals surface area (Å²) in [6.45, 7) is 6.03.